The average molecular weight is 588 g/mol. The summed E-state index contributed by atoms with van der Waals surface area (Å²) in [5.41, 5.74) is -2.79. The Morgan fingerprint density at radius 2 is 1.80 bits per heavy atom. The van der Waals surface area contributed by atoms with E-state index < -0.39 is 65.2 Å². The van der Waals surface area contributed by atoms with Gasteiger partial charge in [-0.25, -0.2) is 8.78 Å². The van der Waals surface area contributed by atoms with Crippen LogP contribution in [0.4, 0.5) is 22.0 Å². The topological polar surface area (TPSA) is 57.5 Å². The van der Waals surface area contributed by atoms with E-state index in [1.54, 1.807) is 30.3 Å². The van der Waals surface area contributed by atoms with Crippen LogP contribution in [0.3, 0.4) is 0 Å². The van der Waals surface area contributed by atoms with E-state index in [1.807, 2.05) is 0 Å². The Labute approximate surface area is 237 Å². The number of thioether (sulfide) groups is 1. The fourth-order valence-electron chi connectivity index (χ4n) is 5.21. The molecule has 210 valence electrons. The number of hydrogen-bond acceptors (Lipinski definition) is 5. The van der Waals surface area contributed by atoms with Crippen molar-refractivity contribution in [3.63, 3.8) is 0 Å². The van der Waals surface area contributed by atoms with Gasteiger partial charge in [0.25, 0.3) is 5.56 Å². The second-order valence-corrected chi connectivity index (χ2v) is 10.5. The predicted octanol–water partition coefficient (Wildman–Crippen LogP) is 6.97. The van der Waals surface area contributed by atoms with Crippen LogP contribution >= 0.6 is 11.8 Å². The highest BCUT2D eigenvalue weighted by Crippen LogP contribution is 2.44. The normalized spacial score (nSPS) is 17.7. The molecular weight excluding hydrogens is 565 g/mol. The highest BCUT2D eigenvalue weighted by Gasteiger charge is 2.38. The van der Waals surface area contributed by atoms with Crippen LogP contribution in [0.15, 0.2) is 70.5 Å². The number of carbonyl (C=O) groups excluding carboxylic acids is 1. The number of halogens is 5. The van der Waals surface area contributed by atoms with Gasteiger partial charge in [0.2, 0.25) is 12.5 Å². The molecule has 2 aliphatic rings. The van der Waals surface area contributed by atoms with E-state index in [4.69, 9.17) is 12.2 Å². The van der Waals surface area contributed by atoms with Crippen molar-refractivity contribution in [2.45, 2.75) is 30.6 Å². The number of aromatic nitrogens is 1. The van der Waals surface area contributed by atoms with Gasteiger partial charge in [0.15, 0.2) is 17.3 Å². The first-order chi connectivity index (χ1) is 20.3. The molecule has 0 N–H and O–H groups in total. The molecule has 0 amide bonds. The lowest BCUT2D eigenvalue weighted by Crippen LogP contribution is -2.31. The molecule has 41 heavy (non-hydrogen) atoms. The summed E-state index contributed by atoms with van der Waals surface area (Å²) in [7, 11) is 0. The lowest BCUT2D eigenvalue weighted by molar-refractivity contribution is -0.138. The van der Waals surface area contributed by atoms with Crippen LogP contribution in [-0.4, -0.2) is 22.8 Å². The molecule has 1 unspecified atom stereocenters. The SMILES string of the molecule is [2H]C1([2H])Oc2ccc(-c3c(C)c(Cc4c(F)cccc4C(F)(F)F)c4n(c3=O)C(C(=O)c3ccccc3)CS4)c(F)c2O1. The third-order valence-corrected chi connectivity index (χ3v) is 8.39. The molecule has 4 aromatic rings. The van der Waals surface area contributed by atoms with Gasteiger partial charge in [-0.1, -0.05) is 36.4 Å². The van der Waals surface area contributed by atoms with E-state index in [1.165, 1.54) is 19.1 Å². The molecule has 6 rings (SSSR count). The monoisotopic (exact) mass is 587 g/mol. The molecule has 11 heteroatoms. The van der Waals surface area contributed by atoms with E-state index in [2.05, 4.69) is 0 Å². The highest BCUT2D eigenvalue weighted by molar-refractivity contribution is 7.99. The number of ketones is 1. The van der Waals surface area contributed by atoms with Crippen molar-refractivity contribution in [3.05, 3.63) is 110 Å². The van der Waals surface area contributed by atoms with Crippen molar-refractivity contribution < 1.29 is 39.0 Å². The van der Waals surface area contributed by atoms with E-state index >= 15 is 8.78 Å². The first kappa shape index (κ1) is 24.7. The number of fused-ring (bicyclic) bond motifs is 2. The number of rotatable bonds is 5. The molecule has 0 radical (unpaired) electrons. The molecule has 0 aliphatic carbocycles. The maximum atomic E-state index is 15.9. The first-order valence-electron chi connectivity index (χ1n) is 13.3. The Morgan fingerprint density at radius 1 is 1.05 bits per heavy atom. The minimum absolute atomic E-state index is 0.0616. The third-order valence-electron chi connectivity index (χ3n) is 7.19. The number of pyridine rings is 1. The molecule has 1 atom stereocenters. The maximum absolute atomic E-state index is 15.9. The van der Waals surface area contributed by atoms with Gasteiger partial charge in [-0.3, -0.25) is 14.2 Å². The van der Waals surface area contributed by atoms with Gasteiger partial charge >= 0.3 is 6.18 Å². The Morgan fingerprint density at radius 3 is 2.54 bits per heavy atom. The fraction of sp³-hybridized carbons (Fsp3) is 0.200. The summed E-state index contributed by atoms with van der Waals surface area (Å²) in [5, 5.41) is 0.175. The number of alkyl halides is 3. The summed E-state index contributed by atoms with van der Waals surface area (Å²) in [6.45, 7) is -1.26. The molecule has 0 fully saturated rings. The van der Waals surface area contributed by atoms with Gasteiger partial charge in [0.1, 0.15) is 14.6 Å². The molecule has 0 bridgehead atoms. The molecule has 1 aromatic heterocycles. The van der Waals surface area contributed by atoms with Crippen molar-refractivity contribution in [1.82, 2.24) is 4.57 Å². The third kappa shape index (κ3) is 4.48. The number of Topliss-reactive ketones (excluding diaryl/α,β-unsaturated/α-hetero) is 1. The number of nitrogens with zero attached hydrogens (tertiary/aromatic N) is 1. The van der Waals surface area contributed by atoms with Crippen molar-refractivity contribution in [1.29, 1.82) is 0 Å². The zero-order valence-corrected chi connectivity index (χ0v) is 22.0. The van der Waals surface area contributed by atoms with Crippen LogP contribution in [0.1, 0.15) is 41.4 Å². The molecular formula is C30H20F5NO4S. The van der Waals surface area contributed by atoms with Gasteiger partial charge < -0.3 is 9.47 Å². The predicted molar refractivity (Wildman–Crippen MR) is 142 cm³/mol. The summed E-state index contributed by atoms with van der Waals surface area (Å²) in [6.07, 6.45) is -5.49. The Kier molecular flexibility index (Phi) is 6.05. The summed E-state index contributed by atoms with van der Waals surface area (Å²) in [5.74, 6) is -3.46. The van der Waals surface area contributed by atoms with Gasteiger partial charge in [-0.05, 0) is 42.3 Å². The fourth-order valence-corrected chi connectivity index (χ4v) is 6.57. The molecule has 5 nitrogen and oxygen atoms in total. The average Bonchev–Trinajstić information content (AvgIpc) is 3.53. The van der Waals surface area contributed by atoms with Crippen LogP contribution in [0.5, 0.6) is 11.5 Å². The number of benzene rings is 3. The maximum Gasteiger partial charge on any atom is 0.416 e. The summed E-state index contributed by atoms with van der Waals surface area (Å²) in [4.78, 5) is 27.7. The van der Waals surface area contributed by atoms with E-state index in [9.17, 15) is 22.8 Å². The molecule has 0 saturated heterocycles. The van der Waals surface area contributed by atoms with Gasteiger partial charge in [-0.2, -0.15) is 13.2 Å². The van der Waals surface area contributed by atoms with Crippen LogP contribution in [-0.2, 0) is 12.6 Å². The molecule has 2 aliphatic heterocycles. The lowest BCUT2D eigenvalue weighted by Gasteiger charge is -2.21. The first-order valence-corrected chi connectivity index (χ1v) is 13.3. The van der Waals surface area contributed by atoms with Crippen LogP contribution in [0.2, 0.25) is 0 Å². The molecule has 0 spiro atoms. The van der Waals surface area contributed by atoms with Crippen molar-refractivity contribution in [2.24, 2.45) is 0 Å². The van der Waals surface area contributed by atoms with Crippen LogP contribution in [0, 0.1) is 18.6 Å². The van der Waals surface area contributed by atoms with Crippen molar-refractivity contribution in [2.75, 3.05) is 12.5 Å². The van der Waals surface area contributed by atoms with Crippen molar-refractivity contribution >= 4 is 17.5 Å². The second-order valence-electron chi connectivity index (χ2n) is 9.50. The lowest BCUT2D eigenvalue weighted by atomic mass is 9.92. The quantitative estimate of drug-likeness (QED) is 0.187. The standard InChI is InChI=1S/C30H20F5NO4S/c1-15-18(12-19-20(30(33,34)35)8-5-9-21(19)31)29-36(22(13-41-29)26(37)16-6-3-2-4-7-16)28(38)24(15)17-10-11-23-27(25(17)32)40-14-39-23/h2-11,22H,12-14H2,1H3/i14D2. The summed E-state index contributed by atoms with van der Waals surface area (Å²) < 4.78 is 99.1. The smallest absolute Gasteiger partial charge is 0.416 e. The second kappa shape index (κ2) is 10.1. The number of carbonyl (C=O) groups is 1. The Bertz CT molecular complexity index is 1860. The van der Waals surface area contributed by atoms with Gasteiger partial charge in [-0.15, -0.1) is 11.8 Å². The zero-order chi connectivity index (χ0) is 30.8. The zero-order valence-electron chi connectivity index (χ0n) is 23.1. The number of ether oxygens (including phenoxy) is 2. The molecule has 0 saturated carbocycles. The van der Waals surface area contributed by atoms with Crippen molar-refractivity contribution in [3.8, 4) is 22.6 Å². The Balaban J connectivity index is 1.61. The van der Waals surface area contributed by atoms with Crippen LogP contribution in [0.25, 0.3) is 11.1 Å². The number of hydrogen-bond donors (Lipinski definition) is 0. The van der Waals surface area contributed by atoms with Gasteiger partial charge in [0.05, 0.1) is 16.2 Å². The minimum Gasteiger partial charge on any atom is -0.453 e. The highest BCUT2D eigenvalue weighted by atomic mass is 32.2. The van der Waals surface area contributed by atoms with E-state index in [0.29, 0.717) is 5.56 Å². The van der Waals surface area contributed by atoms with E-state index in [-0.39, 0.29) is 38.8 Å². The van der Waals surface area contributed by atoms with E-state index in [0.717, 1.165) is 34.5 Å². The van der Waals surface area contributed by atoms with Gasteiger partial charge in [0, 0.05) is 28.9 Å². The molecule has 3 heterocycles. The Hall–Kier alpha value is -4.12. The molecule has 3 aromatic carbocycles. The largest absolute Gasteiger partial charge is 0.453 e. The van der Waals surface area contributed by atoms with Crippen LogP contribution < -0.4 is 15.0 Å². The summed E-state index contributed by atoms with van der Waals surface area (Å²) in [6, 6.07) is 12.0. The summed E-state index contributed by atoms with van der Waals surface area (Å²) >= 11 is 1.07. The minimum atomic E-state index is -4.88.